The summed E-state index contributed by atoms with van der Waals surface area (Å²) >= 11 is 4.77. The van der Waals surface area contributed by atoms with Gasteiger partial charge in [-0.05, 0) is 65.7 Å². The van der Waals surface area contributed by atoms with Crippen molar-refractivity contribution >= 4 is 57.1 Å². The fraction of sp³-hybridized carbons (Fsp3) is 0.0800. The third-order valence-electron chi connectivity index (χ3n) is 4.53. The van der Waals surface area contributed by atoms with Crippen LogP contribution >= 0.6 is 27.7 Å². The molecule has 1 aromatic heterocycles. The number of hydrogen-bond acceptors (Lipinski definition) is 5. The molecule has 5 nitrogen and oxygen atoms in total. The lowest BCUT2D eigenvalue weighted by Crippen LogP contribution is -2.28. The van der Waals surface area contributed by atoms with Crippen molar-refractivity contribution in [1.29, 1.82) is 0 Å². The number of hydrogen-bond donors (Lipinski definition) is 0. The van der Waals surface area contributed by atoms with E-state index in [4.69, 9.17) is 4.42 Å². The van der Waals surface area contributed by atoms with Crippen LogP contribution < -0.4 is 0 Å². The minimum Gasteiger partial charge on any atom is -0.467 e. The van der Waals surface area contributed by atoms with E-state index in [0.717, 1.165) is 21.2 Å². The number of amides is 1. The van der Waals surface area contributed by atoms with Crippen LogP contribution in [0.5, 0.6) is 0 Å². The van der Waals surface area contributed by atoms with Crippen LogP contribution in [0.1, 0.15) is 23.8 Å². The first-order valence-electron chi connectivity index (χ1n) is 9.92. The van der Waals surface area contributed by atoms with Gasteiger partial charge in [-0.25, -0.2) is 0 Å². The van der Waals surface area contributed by atoms with Crippen molar-refractivity contribution in [1.82, 2.24) is 4.90 Å². The van der Waals surface area contributed by atoms with Gasteiger partial charge in [0, 0.05) is 4.47 Å². The van der Waals surface area contributed by atoms with Crippen LogP contribution in [0.2, 0.25) is 0 Å². The zero-order valence-corrected chi connectivity index (χ0v) is 19.7. The molecule has 1 saturated heterocycles. The molecular formula is C25H20BrN3O2S. The summed E-state index contributed by atoms with van der Waals surface area (Å²) in [6.45, 7) is 2.25. The van der Waals surface area contributed by atoms with Crippen LogP contribution in [0, 0.1) is 0 Å². The quantitative estimate of drug-likeness (QED) is 0.215. The van der Waals surface area contributed by atoms with Crippen molar-refractivity contribution in [3.63, 3.8) is 0 Å². The molecule has 1 fully saturated rings. The van der Waals surface area contributed by atoms with Crippen LogP contribution in [0.15, 0.2) is 103 Å². The first-order valence-corrected chi connectivity index (χ1v) is 11.5. The summed E-state index contributed by atoms with van der Waals surface area (Å²) in [5.74, 6) is 0.552. The third-order valence-corrected chi connectivity index (χ3v) is 6.02. The Labute approximate surface area is 199 Å². The number of furan rings is 1. The maximum atomic E-state index is 13.1. The molecule has 0 spiro atoms. The molecule has 0 atom stereocenters. The largest absolute Gasteiger partial charge is 0.467 e. The Hall–Kier alpha value is -3.16. The maximum absolute atomic E-state index is 13.1. The maximum Gasteiger partial charge on any atom is 0.267 e. The highest BCUT2D eigenvalue weighted by Gasteiger charge is 2.34. The van der Waals surface area contributed by atoms with E-state index >= 15 is 0 Å². The molecule has 160 valence electrons. The van der Waals surface area contributed by atoms with Gasteiger partial charge in [0.05, 0.1) is 23.9 Å². The number of halogens is 1. The van der Waals surface area contributed by atoms with E-state index in [9.17, 15) is 4.79 Å². The van der Waals surface area contributed by atoms with Gasteiger partial charge in [-0.2, -0.15) is 5.10 Å². The normalized spacial score (nSPS) is 17.2. The van der Waals surface area contributed by atoms with Crippen LogP contribution in [-0.4, -0.2) is 22.2 Å². The second-order valence-corrected chi connectivity index (χ2v) is 8.99. The van der Waals surface area contributed by atoms with Crippen LogP contribution in [-0.2, 0) is 11.3 Å². The van der Waals surface area contributed by atoms with Gasteiger partial charge >= 0.3 is 0 Å². The van der Waals surface area contributed by atoms with Gasteiger partial charge in [0.25, 0.3) is 5.91 Å². The summed E-state index contributed by atoms with van der Waals surface area (Å²) in [4.78, 5) is 15.3. The molecule has 0 saturated carbocycles. The first kappa shape index (κ1) is 22.0. The predicted molar refractivity (Wildman–Crippen MR) is 135 cm³/mol. The second-order valence-electron chi connectivity index (χ2n) is 7.06. The van der Waals surface area contributed by atoms with Gasteiger partial charge < -0.3 is 4.42 Å². The predicted octanol–water partition coefficient (Wildman–Crippen LogP) is 6.60. The third kappa shape index (κ3) is 5.75. The molecule has 2 aromatic carbocycles. The summed E-state index contributed by atoms with van der Waals surface area (Å²) in [6, 6.07) is 21.4. The molecular weight excluding hydrogens is 486 g/mol. The Kier molecular flexibility index (Phi) is 7.19. The fourth-order valence-corrected chi connectivity index (χ4v) is 4.40. The minimum atomic E-state index is -0.128. The summed E-state index contributed by atoms with van der Waals surface area (Å²) < 4.78 is 6.39. The smallest absolute Gasteiger partial charge is 0.267 e. The molecule has 32 heavy (non-hydrogen) atoms. The number of benzene rings is 2. The molecule has 4 rings (SSSR count). The highest BCUT2D eigenvalue weighted by Crippen LogP contribution is 2.34. The monoisotopic (exact) mass is 505 g/mol. The first-order chi connectivity index (χ1) is 15.6. The van der Waals surface area contributed by atoms with Gasteiger partial charge in [-0.15, -0.1) is 5.10 Å². The number of allylic oxidation sites excluding steroid dienone is 1. The average Bonchev–Trinajstić information content (AvgIpc) is 3.39. The van der Waals surface area contributed by atoms with Crippen LogP contribution in [0.3, 0.4) is 0 Å². The van der Waals surface area contributed by atoms with E-state index in [0.29, 0.717) is 22.4 Å². The van der Waals surface area contributed by atoms with Crippen molar-refractivity contribution in [3.8, 4) is 0 Å². The molecule has 0 bridgehead atoms. The highest BCUT2D eigenvalue weighted by atomic mass is 79.9. The highest BCUT2D eigenvalue weighted by molar-refractivity contribution is 9.10. The number of rotatable bonds is 6. The summed E-state index contributed by atoms with van der Waals surface area (Å²) in [5.41, 5.74) is 2.98. The van der Waals surface area contributed by atoms with Gasteiger partial charge in [-0.3, -0.25) is 9.69 Å². The Bertz CT molecular complexity index is 1220. The standard InChI is InChI=1S/C25H20BrN3O2S/c1-18(13-19-7-3-2-4-8-19)16-27-28-25-29(17-22-11-6-12-31-22)24(30)23(32-25)15-20-9-5-10-21(26)14-20/h2-16H,17H2,1H3/b18-13+,23-15-,27-16-,28-25+. The summed E-state index contributed by atoms with van der Waals surface area (Å²) in [6.07, 6.45) is 7.16. The van der Waals surface area contributed by atoms with Gasteiger partial charge in [0.15, 0.2) is 5.17 Å². The molecule has 0 aliphatic carbocycles. The number of carbonyl (C=O) groups excluding carboxylic acids is 1. The molecule has 1 aliphatic rings. The second kappa shape index (κ2) is 10.4. The van der Waals surface area contributed by atoms with E-state index in [-0.39, 0.29) is 5.91 Å². The molecule has 7 heteroatoms. The molecule has 0 radical (unpaired) electrons. The van der Waals surface area contributed by atoms with Crippen molar-refractivity contribution in [3.05, 3.63) is 105 Å². The Balaban J connectivity index is 1.58. The van der Waals surface area contributed by atoms with Crippen molar-refractivity contribution < 1.29 is 9.21 Å². The molecule has 1 amide bonds. The Morgan fingerprint density at radius 1 is 1.09 bits per heavy atom. The van der Waals surface area contributed by atoms with Gasteiger partial charge in [0.1, 0.15) is 5.76 Å². The summed E-state index contributed by atoms with van der Waals surface area (Å²) in [7, 11) is 0. The van der Waals surface area contributed by atoms with Gasteiger partial charge in [0.2, 0.25) is 0 Å². The van der Waals surface area contributed by atoms with E-state index in [1.807, 2.05) is 79.7 Å². The van der Waals surface area contributed by atoms with Crippen molar-refractivity contribution in [2.24, 2.45) is 10.2 Å². The van der Waals surface area contributed by atoms with Gasteiger partial charge in [-0.1, -0.05) is 64.5 Å². The Morgan fingerprint density at radius 2 is 1.91 bits per heavy atom. The number of amidine groups is 1. The van der Waals surface area contributed by atoms with E-state index in [1.165, 1.54) is 11.8 Å². The molecule has 2 heterocycles. The Morgan fingerprint density at radius 3 is 2.66 bits per heavy atom. The number of carbonyl (C=O) groups is 1. The molecule has 0 unspecified atom stereocenters. The van der Waals surface area contributed by atoms with Crippen molar-refractivity contribution in [2.75, 3.05) is 0 Å². The van der Waals surface area contributed by atoms with Crippen molar-refractivity contribution in [2.45, 2.75) is 13.5 Å². The fourth-order valence-electron chi connectivity index (χ4n) is 3.05. The number of thioether (sulfide) groups is 1. The SMILES string of the molecule is CC(/C=N\N=C1\S/C(=C\c2cccc(Br)c2)C(=O)N1Cc1ccco1)=C\c1ccccc1. The molecule has 0 N–H and O–H groups in total. The van der Waals surface area contributed by atoms with E-state index < -0.39 is 0 Å². The van der Waals surface area contributed by atoms with Crippen LogP contribution in [0.25, 0.3) is 12.2 Å². The molecule has 3 aromatic rings. The summed E-state index contributed by atoms with van der Waals surface area (Å²) in [5, 5.41) is 9.09. The number of nitrogens with zero attached hydrogens (tertiary/aromatic N) is 3. The minimum absolute atomic E-state index is 0.128. The van der Waals surface area contributed by atoms with E-state index in [1.54, 1.807) is 23.4 Å². The average molecular weight is 506 g/mol. The lowest BCUT2D eigenvalue weighted by molar-refractivity contribution is -0.122. The topological polar surface area (TPSA) is 58.2 Å². The molecule has 1 aliphatic heterocycles. The lowest BCUT2D eigenvalue weighted by Gasteiger charge is -2.12. The zero-order valence-electron chi connectivity index (χ0n) is 17.3. The zero-order chi connectivity index (χ0) is 22.3. The lowest BCUT2D eigenvalue weighted by atomic mass is 10.1. The van der Waals surface area contributed by atoms with E-state index in [2.05, 4.69) is 26.1 Å². The van der Waals surface area contributed by atoms with Crippen LogP contribution in [0.4, 0.5) is 0 Å².